The third-order valence-electron chi connectivity index (χ3n) is 2.05. The van der Waals surface area contributed by atoms with Crippen LogP contribution in [0.2, 0.25) is 5.02 Å². The van der Waals surface area contributed by atoms with Crippen LogP contribution < -0.4 is 11.1 Å². The summed E-state index contributed by atoms with van der Waals surface area (Å²) in [6, 6.07) is 7.37. The Bertz CT molecular complexity index is 455. The van der Waals surface area contributed by atoms with E-state index < -0.39 is 0 Å². The summed E-state index contributed by atoms with van der Waals surface area (Å²) in [5.41, 5.74) is 7.00. The highest BCUT2D eigenvalue weighted by Gasteiger charge is 1.95. The van der Waals surface area contributed by atoms with Gasteiger partial charge in [-0.05, 0) is 17.7 Å². The molecule has 0 aliphatic carbocycles. The lowest BCUT2D eigenvalue weighted by atomic mass is 10.2. The lowest BCUT2D eigenvalue weighted by Crippen LogP contribution is -2.15. The number of aldehydes is 1. The van der Waals surface area contributed by atoms with E-state index in [0.29, 0.717) is 29.4 Å². The van der Waals surface area contributed by atoms with Gasteiger partial charge in [0.05, 0.1) is 12.2 Å². The molecule has 0 fully saturated rings. The van der Waals surface area contributed by atoms with Crippen molar-refractivity contribution < 1.29 is 4.79 Å². The molecule has 0 heterocycles. The summed E-state index contributed by atoms with van der Waals surface area (Å²) >= 11 is 5.84. The zero-order chi connectivity index (χ0) is 12.7. The molecule has 1 aromatic carbocycles. The molecule has 0 radical (unpaired) electrons. The van der Waals surface area contributed by atoms with Crippen molar-refractivity contribution in [1.82, 2.24) is 5.32 Å². The first-order valence-corrected chi connectivity index (χ1v) is 5.42. The second kappa shape index (κ2) is 6.70. The van der Waals surface area contributed by atoms with Crippen LogP contribution in [-0.4, -0.2) is 19.2 Å². The van der Waals surface area contributed by atoms with Crippen molar-refractivity contribution in [2.75, 3.05) is 7.05 Å². The fraction of sp³-hybridized carbons (Fsp3) is 0.167. The molecule has 0 saturated heterocycles. The third-order valence-corrected chi connectivity index (χ3v) is 2.29. The summed E-state index contributed by atoms with van der Waals surface area (Å²) in [4.78, 5) is 14.7. The van der Waals surface area contributed by atoms with Gasteiger partial charge in [-0.15, -0.1) is 0 Å². The molecule has 3 N–H and O–H groups in total. The van der Waals surface area contributed by atoms with Gasteiger partial charge in [-0.25, -0.2) is 0 Å². The molecule has 90 valence electrons. The highest BCUT2D eigenvalue weighted by molar-refractivity contribution is 6.30. The number of nitrogens with one attached hydrogen (secondary N) is 1. The minimum absolute atomic E-state index is 0.293. The number of likely N-dealkylation sites (N-methyl/N-ethyl adjacent to an activating group) is 1. The number of aliphatic imine (C=N–C) groups is 1. The summed E-state index contributed by atoms with van der Waals surface area (Å²) in [5, 5.41) is 3.36. The van der Waals surface area contributed by atoms with Gasteiger partial charge in [-0.3, -0.25) is 9.79 Å². The summed E-state index contributed by atoms with van der Waals surface area (Å²) in [7, 11) is 1.64. The average Bonchev–Trinajstić information content (AvgIpc) is 2.33. The number of rotatable bonds is 5. The van der Waals surface area contributed by atoms with Crippen molar-refractivity contribution in [1.29, 1.82) is 0 Å². The van der Waals surface area contributed by atoms with Crippen LogP contribution in [0, 0.1) is 0 Å². The van der Waals surface area contributed by atoms with Gasteiger partial charge >= 0.3 is 0 Å². The maximum absolute atomic E-state index is 10.5. The summed E-state index contributed by atoms with van der Waals surface area (Å²) in [6.07, 6.45) is 2.17. The number of amidine groups is 1. The van der Waals surface area contributed by atoms with Crippen molar-refractivity contribution in [3.05, 3.63) is 46.6 Å². The van der Waals surface area contributed by atoms with E-state index in [9.17, 15) is 4.79 Å². The number of carbonyl (C=O) groups excluding carboxylic acids is 1. The highest BCUT2D eigenvalue weighted by Crippen LogP contribution is 2.11. The fourth-order valence-electron chi connectivity index (χ4n) is 1.19. The van der Waals surface area contributed by atoms with Crippen LogP contribution in [0.3, 0.4) is 0 Å². The van der Waals surface area contributed by atoms with E-state index in [2.05, 4.69) is 10.3 Å². The molecule has 1 rings (SSSR count). The van der Waals surface area contributed by atoms with Gasteiger partial charge in [0.1, 0.15) is 5.84 Å². The second-order valence-corrected chi connectivity index (χ2v) is 3.77. The van der Waals surface area contributed by atoms with Crippen molar-refractivity contribution in [2.24, 2.45) is 10.7 Å². The Balaban J connectivity index is 2.71. The van der Waals surface area contributed by atoms with Crippen LogP contribution in [0.1, 0.15) is 5.56 Å². The largest absolute Gasteiger partial charge is 0.385 e. The van der Waals surface area contributed by atoms with E-state index in [1.807, 2.05) is 18.2 Å². The number of nitrogens with two attached hydrogens (primary N) is 1. The lowest BCUT2D eigenvalue weighted by molar-refractivity contribution is -0.105. The Kier molecular flexibility index (Phi) is 5.23. The Morgan fingerprint density at radius 2 is 2.35 bits per heavy atom. The second-order valence-electron chi connectivity index (χ2n) is 3.34. The van der Waals surface area contributed by atoms with E-state index in [-0.39, 0.29) is 0 Å². The van der Waals surface area contributed by atoms with E-state index in [1.54, 1.807) is 13.1 Å². The molecule has 0 spiro atoms. The van der Waals surface area contributed by atoms with Crippen LogP contribution in [0.25, 0.3) is 0 Å². The van der Waals surface area contributed by atoms with E-state index in [1.165, 1.54) is 6.08 Å². The number of halogens is 1. The van der Waals surface area contributed by atoms with Crippen LogP contribution in [0.5, 0.6) is 0 Å². The van der Waals surface area contributed by atoms with E-state index >= 15 is 0 Å². The Morgan fingerprint density at radius 3 is 2.94 bits per heavy atom. The average molecular weight is 252 g/mol. The van der Waals surface area contributed by atoms with Gasteiger partial charge in [0.25, 0.3) is 0 Å². The van der Waals surface area contributed by atoms with Crippen LogP contribution in [-0.2, 0) is 11.3 Å². The predicted molar refractivity (Wildman–Crippen MR) is 70.0 cm³/mol. The molecule has 0 saturated carbocycles. The topological polar surface area (TPSA) is 67.5 Å². The molecule has 0 aromatic heterocycles. The van der Waals surface area contributed by atoms with Crippen LogP contribution in [0.15, 0.2) is 41.0 Å². The number of carbonyl (C=O) groups is 1. The molecular weight excluding hydrogens is 238 g/mol. The van der Waals surface area contributed by atoms with Gasteiger partial charge in [0, 0.05) is 18.1 Å². The minimum Gasteiger partial charge on any atom is -0.385 e. The number of hydrogen-bond acceptors (Lipinski definition) is 3. The monoisotopic (exact) mass is 251 g/mol. The molecule has 0 aliphatic heterocycles. The fourth-order valence-corrected chi connectivity index (χ4v) is 1.40. The van der Waals surface area contributed by atoms with Gasteiger partial charge < -0.3 is 11.1 Å². The maximum Gasteiger partial charge on any atom is 0.166 e. The molecule has 17 heavy (non-hydrogen) atoms. The molecule has 0 bridgehead atoms. The minimum atomic E-state index is 0.293. The van der Waals surface area contributed by atoms with Gasteiger partial charge in [-0.1, -0.05) is 23.7 Å². The van der Waals surface area contributed by atoms with Crippen molar-refractivity contribution in [3.8, 4) is 0 Å². The summed E-state index contributed by atoms with van der Waals surface area (Å²) < 4.78 is 0. The molecule has 1 aromatic rings. The van der Waals surface area contributed by atoms with Gasteiger partial charge in [-0.2, -0.15) is 0 Å². The van der Waals surface area contributed by atoms with Crippen LogP contribution in [0.4, 0.5) is 0 Å². The van der Waals surface area contributed by atoms with E-state index in [0.717, 1.165) is 5.56 Å². The molecular formula is C12H14ClN3O. The normalized spacial score (nSPS) is 12.4. The maximum atomic E-state index is 10.5. The zero-order valence-electron chi connectivity index (χ0n) is 9.48. The first kappa shape index (κ1) is 13.3. The number of allylic oxidation sites excluding steroid dienone is 1. The molecule has 0 amide bonds. The molecule has 0 aliphatic rings. The number of nitrogens with zero attached hydrogens (tertiary/aromatic N) is 1. The summed E-state index contributed by atoms with van der Waals surface area (Å²) in [6.45, 7) is 0.429. The lowest BCUT2D eigenvalue weighted by Gasteiger charge is -2.00. The molecule has 5 heteroatoms. The number of benzene rings is 1. The third kappa shape index (κ3) is 4.70. The van der Waals surface area contributed by atoms with Crippen LogP contribution >= 0.6 is 11.6 Å². The molecule has 4 nitrogen and oxygen atoms in total. The molecule has 0 atom stereocenters. The van der Waals surface area contributed by atoms with Crippen molar-refractivity contribution in [3.63, 3.8) is 0 Å². The molecule has 0 unspecified atom stereocenters. The van der Waals surface area contributed by atoms with Crippen molar-refractivity contribution in [2.45, 2.75) is 6.54 Å². The highest BCUT2D eigenvalue weighted by atomic mass is 35.5. The Hall–Kier alpha value is -1.81. The first-order chi connectivity index (χ1) is 8.15. The zero-order valence-corrected chi connectivity index (χ0v) is 10.2. The Morgan fingerprint density at radius 1 is 1.59 bits per heavy atom. The smallest absolute Gasteiger partial charge is 0.166 e. The van der Waals surface area contributed by atoms with E-state index in [4.69, 9.17) is 17.3 Å². The van der Waals surface area contributed by atoms with Gasteiger partial charge in [0.2, 0.25) is 0 Å². The van der Waals surface area contributed by atoms with Crippen molar-refractivity contribution >= 4 is 23.7 Å². The van der Waals surface area contributed by atoms with Gasteiger partial charge in [0.15, 0.2) is 6.29 Å². The first-order valence-electron chi connectivity index (χ1n) is 5.04. The summed E-state index contributed by atoms with van der Waals surface area (Å²) in [5.74, 6) is 0.293. The standard InChI is InChI=1S/C12H14ClN3O/c1-15-11(8-17)6-12(14)16-7-9-3-2-4-10(13)5-9/h2-6,8,15H,7H2,1H3,(H2,14,16)/b11-6-. The SMILES string of the molecule is CN/C(C=O)=C\C(N)=NCc1cccc(Cl)c1. The predicted octanol–water partition coefficient (Wildman–Crippen LogP) is 1.50. The Labute approximate surface area is 105 Å². The quantitative estimate of drug-likeness (QED) is 0.361. The number of hydrogen-bond donors (Lipinski definition) is 2.